The van der Waals surface area contributed by atoms with Gasteiger partial charge in [-0.15, -0.1) is 0 Å². The van der Waals surface area contributed by atoms with Gasteiger partial charge in [0.05, 0.1) is 10.5 Å². The van der Waals surface area contributed by atoms with Crippen molar-refractivity contribution in [3.63, 3.8) is 0 Å². The summed E-state index contributed by atoms with van der Waals surface area (Å²) in [7, 11) is -3.66. The molecule has 0 unspecified atom stereocenters. The summed E-state index contributed by atoms with van der Waals surface area (Å²) in [5, 5.41) is 9.67. The highest BCUT2D eigenvalue weighted by Crippen LogP contribution is 2.20. The molecular weight excluding hydrogens is 420 g/mol. The van der Waals surface area contributed by atoms with Crippen LogP contribution in [0.2, 0.25) is 5.02 Å². The lowest BCUT2D eigenvalue weighted by atomic mass is 10.2. The van der Waals surface area contributed by atoms with Gasteiger partial charge >= 0.3 is 5.97 Å². The number of phenolic OH excluding ortho intramolecular Hbond substituents is 1. The summed E-state index contributed by atoms with van der Waals surface area (Å²) in [6.45, 7) is 0.236. The summed E-state index contributed by atoms with van der Waals surface area (Å²) in [6, 6.07) is 11.4. The molecule has 1 amide bonds. The average Bonchev–Trinajstić information content (AvgIpc) is 2.72. The van der Waals surface area contributed by atoms with Crippen LogP contribution >= 0.6 is 11.6 Å². The normalized spacial score (nSPS) is 15.1. The number of halogens is 1. The first-order valence-corrected chi connectivity index (χ1v) is 10.6. The molecule has 1 N–H and O–H groups in total. The van der Waals surface area contributed by atoms with E-state index in [4.69, 9.17) is 16.3 Å². The van der Waals surface area contributed by atoms with Crippen molar-refractivity contribution in [3.8, 4) is 5.75 Å². The molecule has 0 aliphatic carbocycles. The summed E-state index contributed by atoms with van der Waals surface area (Å²) in [5.41, 5.74) is 0.217. The molecule has 3 rings (SSSR count). The molecule has 1 saturated heterocycles. The van der Waals surface area contributed by atoms with E-state index >= 15 is 0 Å². The van der Waals surface area contributed by atoms with Crippen LogP contribution in [0.15, 0.2) is 53.4 Å². The number of phenols is 1. The molecule has 1 fully saturated rings. The highest BCUT2D eigenvalue weighted by Gasteiger charge is 2.30. The fraction of sp³-hybridized carbons (Fsp3) is 0.263. The molecule has 154 valence electrons. The number of carbonyl (C=O) groups is 2. The van der Waals surface area contributed by atoms with Gasteiger partial charge in [0.15, 0.2) is 6.61 Å². The molecule has 2 aromatic rings. The standard InChI is InChI=1S/C19H19ClN2O6S/c20-15-3-7-17(8-4-15)29(26,27)22-11-9-21(10-12-22)18(24)13-28-19(25)14-1-5-16(23)6-2-14/h1-8,23H,9-13H2. The maximum Gasteiger partial charge on any atom is 0.338 e. The minimum absolute atomic E-state index is 0.0176. The lowest BCUT2D eigenvalue weighted by Crippen LogP contribution is -2.51. The number of carbonyl (C=O) groups excluding carboxylic acids is 2. The molecule has 0 aromatic heterocycles. The number of nitrogens with zero attached hydrogens (tertiary/aromatic N) is 2. The Morgan fingerprint density at radius 3 is 2.14 bits per heavy atom. The molecular formula is C19H19ClN2O6S. The Morgan fingerprint density at radius 2 is 1.55 bits per heavy atom. The van der Waals surface area contributed by atoms with Crippen LogP contribution < -0.4 is 0 Å². The van der Waals surface area contributed by atoms with Crippen LogP contribution in [0.5, 0.6) is 5.75 Å². The third kappa shape index (κ3) is 5.06. The van der Waals surface area contributed by atoms with Crippen molar-refractivity contribution in [1.29, 1.82) is 0 Å². The van der Waals surface area contributed by atoms with Gasteiger partial charge in [0, 0.05) is 31.2 Å². The van der Waals surface area contributed by atoms with Crippen LogP contribution in [0.1, 0.15) is 10.4 Å². The second-order valence-corrected chi connectivity index (χ2v) is 8.74. The van der Waals surface area contributed by atoms with E-state index in [0.717, 1.165) is 0 Å². The first kappa shape index (κ1) is 21.1. The molecule has 1 aliphatic rings. The van der Waals surface area contributed by atoms with E-state index in [9.17, 15) is 23.1 Å². The monoisotopic (exact) mass is 438 g/mol. The Balaban J connectivity index is 1.52. The molecule has 10 heteroatoms. The lowest BCUT2D eigenvalue weighted by molar-refractivity contribution is -0.135. The van der Waals surface area contributed by atoms with E-state index in [0.29, 0.717) is 5.02 Å². The number of amides is 1. The van der Waals surface area contributed by atoms with Gasteiger partial charge in [-0.1, -0.05) is 11.6 Å². The van der Waals surface area contributed by atoms with Crippen molar-refractivity contribution in [2.75, 3.05) is 32.8 Å². The van der Waals surface area contributed by atoms with Crippen LogP contribution in [0, 0.1) is 0 Å². The summed E-state index contributed by atoms with van der Waals surface area (Å²) >= 11 is 5.80. The van der Waals surface area contributed by atoms with Crippen LogP contribution in [0.3, 0.4) is 0 Å². The minimum atomic E-state index is -3.66. The van der Waals surface area contributed by atoms with Crippen molar-refractivity contribution in [1.82, 2.24) is 9.21 Å². The topological polar surface area (TPSA) is 104 Å². The van der Waals surface area contributed by atoms with E-state index < -0.39 is 28.5 Å². The van der Waals surface area contributed by atoms with Crippen LogP contribution in [-0.2, 0) is 19.6 Å². The van der Waals surface area contributed by atoms with Gasteiger partial charge in [0.2, 0.25) is 10.0 Å². The third-order valence-electron chi connectivity index (χ3n) is 4.47. The summed E-state index contributed by atoms with van der Waals surface area (Å²) in [4.78, 5) is 25.8. The first-order chi connectivity index (χ1) is 13.8. The van der Waals surface area contributed by atoms with E-state index in [2.05, 4.69) is 0 Å². The zero-order valence-corrected chi connectivity index (χ0v) is 16.9. The number of piperazine rings is 1. The zero-order valence-electron chi connectivity index (χ0n) is 15.3. The van der Waals surface area contributed by atoms with Crippen LogP contribution in [-0.4, -0.2) is 67.4 Å². The largest absolute Gasteiger partial charge is 0.508 e. The molecule has 1 heterocycles. The molecule has 0 atom stereocenters. The average molecular weight is 439 g/mol. The van der Waals surface area contributed by atoms with Gasteiger partial charge in [-0.2, -0.15) is 4.31 Å². The molecule has 0 bridgehead atoms. The Bertz CT molecular complexity index is 984. The predicted octanol–water partition coefficient (Wildman–Crippen LogP) is 1.74. The predicted molar refractivity (Wildman–Crippen MR) is 105 cm³/mol. The number of ether oxygens (including phenoxy) is 1. The number of benzene rings is 2. The Kier molecular flexibility index (Phi) is 6.41. The van der Waals surface area contributed by atoms with Crippen molar-refractivity contribution in [2.24, 2.45) is 0 Å². The molecule has 29 heavy (non-hydrogen) atoms. The second-order valence-electron chi connectivity index (χ2n) is 6.36. The molecule has 0 saturated carbocycles. The molecule has 2 aromatic carbocycles. The van der Waals surface area contributed by atoms with Gasteiger partial charge in [-0.3, -0.25) is 4.79 Å². The molecule has 0 spiro atoms. The van der Waals surface area contributed by atoms with E-state index in [1.54, 1.807) is 0 Å². The number of hydrogen-bond donors (Lipinski definition) is 1. The van der Waals surface area contributed by atoms with E-state index in [1.165, 1.54) is 57.7 Å². The molecule has 0 radical (unpaired) electrons. The fourth-order valence-corrected chi connectivity index (χ4v) is 4.38. The maximum atomic E-state index is 12.7. The van der Waals surface area contributed by atoms with Crippen molar-refractivity contribution < 1.29 is 27.9 Å². The van der Waals surface area contributed by atoms with Crippen LogP contribution in [0.4, 0.5) is 0 Å². The Labute approximate surface area is 173 Å². The minimum Gasteiger partial charge on any atom is -0.508 e. The number of esters is 1. The second kappa shape index (κ2) is 8.81. The Morgan fingerprint density at radius 1 is 0.966 bits per heavy atom. The molecule has 1 aliphatic heterocycles. The third-order valence-corrected chi connectivity index (χ3v) is 6.64. The molecule has 8 nitrogen and oxygen atoms in total. The lowest BCUT2D eigenvalue weighted by Gasteiger charge is -2.33. The summed E-state index contributed by atoms with van der Waals surface area (Å²) in [5.74, 6) is -1.06. The van der Waals surface area contributed by atoms with E-state index in [-0.39, 0.29) is 42.4 Å². The first-order valence-electron chi connectivity index (χ1n) is 8.77. The quantitative estimate of drug-likeness (QED) is 0.713. The SMILES string of the molecule is O=C(OCC(=O)N1CCN(S(=O)(=O)c2ccc(Cl)cc2)CC1)c1ccc(O)cc1. The van der Waals surface area contributed by atoms with Gasteiger partial charge in [-0.05, 0) is 48.5 Å². The van der Waals surface area contributed by atoms with Gasteiger partial charge in [0.25, 0.3) is 5.91 Å². The van der Waals surface area contributed by atoms with Gasteiger partial charge < -0.3 is 14.7 Å². The zero-order chi connectivity index (χ0) is 21.0. The fourth-order valence-electron chi connectivity index (χ4n) is 2.83. The van der Waals surface area contributed by atoms with Gasteiger partial charge in [0.1, 0.15) is 5.75 Å². The smallest absolute Gasteiger partial charge is 0.338 e. The van der Waals surface area contributed by atoms with Gasteiger partial charge in [-0.25, -0.2) is 13.2 Å². The number of aromatic hydroxyl groups is 1. The summed E-state index contributed by atoms with van der Waals surface area (Å²) < 4.78 is 31.6. The van der Waals surface area contributed by atoms with E-state index in [1.807, 2.05) is 0 Å². The maximum absolute atomic E-state index is 12.7. The van der Waals surface area contributed by atoms with Crippen molar-refractivity contribution in [3.05, 3.63) is 59.1 Å². The van der Waals surface area contributed by atoms with Crippen LogP contribution in [0.25, 0.3) is 0 Å². The van der Waals surface area contributed by atoms with Crippen molar-refractivity contribution in [2.45, 2.75) is 4.90 Å². The number of rotatable bonds is 5. The summed E-state index contributed by atoms with van der Waals surface area (Å²) in [6.07, 6.45) is 0. The number of hydrogen-bond acceptors (Lipinski definition) is 6. The number of sulfonamides is 1. The highest BCUT2D eigenvalue weighted by molar-refractivity contribution is 7.89. The Hall–Kier alpha value is -2.62. The highest BCUT2D eigenvalue weighted by atomic mass is 35.5. The van der Waals surface area contributed by atoms with Crippen molar-refractivity contribution >= 4 is 33.5 Å².